The van der Waals surface area contributed by atoms with Gasteiger partial charge in [-0.05, 0) is 101 Å². The van der Waals surface area contributed by atoms with E-state index >= 15 is 0 Å². The second-order valence-corrected chi connectivity index (χ2v) is 12.7. The average molecular weight is 570 g/mol. The summed E-state index contributed by atoms with van der Waals surface area (Å²) < 4.78 is 1.65. The highest BCUT2D eigenvalue weighted by atomic mass is 16.2. The van der Waals surface area contributed by atoms with Crippen molar-refractivity contribution in [2.75, 3.05) is 39.8 Å². The molecule has 42 heavy (non-hydrogen) atoms. The molecule has 2 aliphatic heterocycles. The maximum Gasteiger partial charge on any atom is 0.251 e. The minimum atomic E-state index is -0.540. The molecule has 3 aliphatic rings. The summed E-state index contributed by atoms with van der Waals surface area (Å²) in [4.78, 5) is 31.5. The number of carbonyl (C=O) groups is 2. The Bertz CT molecular complexity index is 1350. The molecule has 9 nitrogen and oxygen atoms in total. The van der Waals surface area contributed by atoms with E-state index in [1.807, 2.05) is 17.0 Å². The number of piperidine rings is 1. The maximum atomic E-state index is 13.8. The van der Waals surface area contributed by atoms with E-state index in [9.17, 15) is 9.59 Å². The van der Waals surface area contributed by atoms with Crippen molar-refractivity contribution in [3.05, 3.63) is 77.6 Å². The van der Waals surface area contributed by atoms with Gasteiger partial charge in [0, 0.05) is 37.2 Å². The largest absolute Gasteiger partial charge is 0.341 e. The molecule has 9 heteroatoms. The Morgan fingerprint density at radius 1 is 1.02 bits per heavy atom. The fourth-order valence-electron chi connectivity index (χ4n) is 6.80. The topological polar surface area (TPSA) is 95.4 Å². The van der Waals surface area contributed by atoms with Gasteiger partial charge in [0.15, 0.2) is 0 Å². The van der Waals surface area contributed by atoms with E-state index in [0.29, 0.717) is 29.4 Å². The highest BCUT2D eigenvalue weighted by Gasteiger charge is 2.41. The van der Waals surface area contributed by atoms with Gasteiger partial charge in [-0.25, -0.2) is 4.68 Å². The normalized spacial score (nSPS) is 22.3. The van der Waals surface area contributed by atoms with Gasteiger partial charge in [-0.15, -0.1) is 5.10 Å². The fourth-order valence-corrected chi connectivity index (χ4v) is 6.80. The Morgan fingerprint density at radius 2 is 1.76 bits per heavy atom. The molecule has 3 heterocycles. The zero-order valence-corrected chi connectivity index (χ0v) is 24.8. The van der Waals surface area contributed by atoms with Crippen LogP contribution in [0.15, 0.2) is 60.9 Å². The number of amides is 2. The van der Waals surface area contributed by atoms with Crippen LogP contribution in [-0.4, -0.2) is 88.5 Å². The van der Waals surface area contributed by atoms with Crippen molar-refractivity contribution in [2.24, 2.45) is 5.41 Å². The molecular weight excluding hydrogens is 526 g/mol. The van der Waals surface area contributed by atoms with Crippen LogP contribution >= 0.6 is 0 Å². The van der Waals surface area contributed by atoms with E-state index in [4.69, 9.17) is 0 Å². The van der Waals surface area contributed by atoms with Crippen molar-refractivity contribution in [1.29, 1.82) is 0 Å². The smallest absolute Gasteiger partial charge is 0.251 e. The van der Waals surface area contributed by atoms with E-state index in [0.717, 1.165) is 64.1 Å². The number of nitrogens with one attached hydrogen (secondary N) is 2. The van der Waals surface area contributed by atoms with Gasteiger partial charge in [0.05, 0.1) is 18.1 Å². The predicted octanol–water partition coefficient (Wildman–Crippen LogP) is 3.54. The first-order valence-electron chi connectivity index (χ1n) is 15.4. The molecule has 2 saturated heterocycles. The van der Waals surface area contributed by atoms with Gasteiger partial charge >= 0.3 is 0 Å². The van der Waals surface area contributed by atoms with E-state index in [1.165, 1.54) is 17.5 Å². The molecule has 3 aromatic rings. The third kappa shape index (κ3) is 6.57. The van der Waals surface area contributed by atoms with Crippen molar-refractivity contribution in [3.63, 3.8) is 0 Å². The summed E-state index contributed by atoms with van der Waals surface area (Å²) in [6.07, 6.45) is 9.25. The SMILES string of the molecule is Cc1ccc([C@@H]2C[C@H]2NCCC[C@H](NC(=O)c2ccc(-n3ccnn3)cc2)C(=O)N2CCC3(CCN(C)C3)CC2)cc1. The summed E-state index contributed by atoms with van der Waals surface area (Å²) in [5, 5.41) is 14.6. The summed E-state index contributed by atoms with van der Waals surface area (Å²) in [5.41, 5.74) is 4.38. The molecule has 1 aromatic heterocycles. The third-order valence-electron chi connectivity index (χ3n) is 9.56. The zero-order chi connectivity index (χ0) is 29.1. The summed E-state index contributed by atoms with van der Waals surface area (Å²) in [6, 6.07) is 16.0. The molecule has 2 N–H and O–H groups in total. The van der Waals surface area contributed by atoms with Gasteiger partial charge in [-0.1, -0.05) is 35.0 Å². The monoisotopic (exact) mass is 569 g/mol. The quantitative estimate of drug-likeness (QED) is 0.363. The number of hydrogen-bond acceptors (Lipinski definition) is 6. The lowest BCUT2D eigenvalue weighted by Gasteiger charge is -2.40. The number of nitrogens with zero attached hydrogens (tertiary/aromatic N) is 5. The minimum Gasteiger partial charge on any atom is -0.341 e. The first-order valence-corrected chi connectivity index (χ1v) is 15.4. The van der Waals surface area contributed by atoms with Crippen LogP contribution in [0.2, 0.25) is 0 Å². The van der Waals surface area contributed by atoms with Crippen LogP contribution in [0.25, 0.3) is 5.69 Å². The third-order valence-corrected chi connectivity index (χ3v) is 9.56. The molecule has 6 rings (SSSR count). The lowest BCUT2D eigenvalue weighted by molar-refractivity contribution is -0.135. The standard InChI is InChI=1S/C33H43N7O2/c1-24-5-7-25(8-6-24)28-22-30(28)34-16-3-4-29(32(42)39-19-14-33(15-20-39)13-18-38(2)23-33)36-31(41)26-9-11-27(12-10-26)40-21-17-35-37-40/h5-12,17,21,28-30,34H,3-4,13-16,18-20,22-23H2,1-2H3,(H,36,41)/t28-,29-,30+/m0/s1. The summed E-state index contributed by atoms with van der Waals surface area (Å²) in [7, 11) is 2.19. The van der Waals surface area contributed by atoms with E-state index in [1.54, 1.807) is 29.2 Å². The van der Waals surface area contributed by atoms with E-state index < -0.39 is 6.04 Å². The van der Waals surface area contributed by atoms with Crippen LogP contribution in [0.1, 0.15) is 65.9 Å². The molecule has 1 saturated carbocycles. The highest BCUT2D eigenvalue weighted by molar-refractivity contribution is 5.97. The lowest BCUT2D eigenvalue weighted by atomic mass is 9.77. The molecule has 1 aliphatic carbocycles. The summed E-state index contributed by atoms with van der Waals surface area (Å²) >= 11 is 0. The second-order valence-electron chi connectivity index (χ2n) is 12.7. The second kappa shape index (κ2) is 12.4. The van der Waals surface area contributed by atoms with E-state index in [2.05, 4.69) is 64.1 Å². The number of likely N-dealkylation sites (tertiary alicyclic amines) is 2. The number of aryl methyl sites for hydroxylation is 1. The van der Waals surface area contributed by atoms with Gasteiger partial charge in [-0.3, -0.25) is 9.59 Å². The van der Waals surface area contributed by atoms with Crippen LogP contribution in [0, 0.1) is 12.3 Å². The Kier molecular flexibility index (Phi) is 8.40. The molecule has 3 fully saturated rings. The first kappa shape index (κ1) is 28.6. The Morgan fingerprint density at radius 3 is 2.43 bits per heavy atom. The molecule has 2 amide bonds. The predicted molar refractivity (Wildman–Crippen MR) is 163 cm³/mol. The number of carbonyl (C=O) groups excluding carboxylic acids is 2. The summed E-state index contributed by atoms with van der Waals surface area (Å²) in [6.45, 7) is 6.74. The van der Waals surface area contributed by atoms with Crippen LogP contribution in [-0.2, 0) is 4.79 Å². The lowest BCUT2D eigenvalue weighted by Crippen LogP contribution is -2.52. The molecule has 0 unspecified atom stereocenters. The van der Waals surface area contributed by atoms with Crippen molar-refractivity contribution in [3.8, 4) is 5.69 Å². The van der Waals surface area contributed by atoms with Gasteiger partial charge in [-0.2, -0.15) is 0 Å². The van der Waals surface area contributed by atoms with Crippen molar-refractivity contribution >= 4 is 11.8 Å². The maximum absolute atomic E-state index is 13.8. The number of hydrogen-bond donors (Lipinski definition) is 2. The molecule has 222 valence electrons. The number of aromatic nitrogens is 3. The Hall–Kier alpha value is -3.56. The van der Waals surface area contributed by atoms with Crippen molar-refractivity contribution < 1.29 is 9.59 Å². The van der Waals surface area contributed by atoms with Gasteiger partial charge in [0.2, 0.25) is 5.91 Å². The molecule has 1 spiro atoms. The van der Waals surface area contributed by atoms with Crippen molar-refractivity contribution in [2.45, 2.75) is 63.5 Å². The Balaban J connectivity index is 1.06. The average Bonchev–Trinajstić information content (AvgIpc) is 3.38. The minimum absolute atomic E-state index is 0.0488. The number of rotatable bonds is 10. The van der Waals surface area contributed by atoms with Crippen LogP contribution < -0.4 is 10.6 Å². The first-order chi connectivity index (χ1) is 20.4. The van der Waals surface area contributed by atoms with Crippen LogP contribution in [0.4, 0.5) is 0 Å². The van der Waals surface area contributed by atoms with Crippen LogP contribution in [0.5, 0.6) is 0 Å². The van der Waals surface area contributed by atoms with Gasteiger partial charge < -0.3 is 20.4 Å². The Labute approximate surface area is 248 Å². The zero-order valence-electron chi connectivity index (χ0n) is 24.8. The van der Waals surface area contributed by atoms with E-state index in [-0.39, 0.29) is 11.8 Å². The molecule has 0 bridgehead atoms. The van der Waals surface area contributed by atoms with Gasteiger partial charge in [0.1, 0.15) is 6.04 Å². The number of benzene rings is 2. The molecular formula is C33H43N7O2. The van der Waals surface area contributed by atoms with Crippen LogP contribution in [0.3, 0.4) is 0 Å². The molecule has 3 atom stereocenters. The molecule has 0 radical (unpaired) electrons. The summed E-state index contributed by atoms with van der Waals surface area (Å²) in [5.74, 6) is 0.394. The van der Waals surface area contributed by atoms with Gasteiger partial charge in [0.25, 0.3) is 5.91 Å². The fraction of sp³-hybridized carbons (Fsp3) is 0.515. The van der Waals surface area contributed by atoms with Crippen molar-refractivity contribution in [1.82, 2.24) is 35.4 Å². The highest BCUT2D eigenvalue weighted by Crippen LogP contribution is 2.41. The molecule has 2 aromatic carbocycles.